The van der Waals surface area contributed by atoms with E-state index in [1.54, 1.807) is 5.51 Å². The van der Waals surface area contributed by atoms with Gasteiger partial charge in [-0.05, 0) is 17.0 Å². The summed E-state index contributed by atoms with van der Waals surface area (Å²) in [6.45, 7) is 6.73. The zero-order valence-corrected chi connectivity index (χ0v) is 14.1. The Morgan fingerprint density at radius 1 is 1.33 bits per heavy atom. The van der Waals surface area contributed by atoms with E-state index < -0.39 is 6.10 Å². The highest BCUT2D eigenvalue weighted by Gasteiger charge is 2.19. The number of aromatic nitrogens is 2. The molecule has 1 unspecified atom stereocenters. The molecular weight excluding hydrogens is 304 g/mol. The van der Waals surface area contributed by atoms with Gasteiger partial charge in [0.25, 0.3) is 0 Å². The summed E-state index contributed by atoms with van der Waals surface area (Å²) in [7, 11) is 0. The zero-order chi connectivity index (χ0) is 15.3. The third-order valence-electron chi connectivity index (χ3n) is 2.87. The van der Waals surface area contributed by atoms with Crippen LogP contribution in [0.1, 0.15) is 26.3 Å². The maximum atomic E-state index is 10.0. The number of aliphatic hydroxyl groups is 1. The first kappa shape index (κ1) is 16.3. The van der Waals surface area contributed by atoms with E-state index in [0.717, 1.165) is 15.7 Å². The van der Waals surface area contributed by atoms with Gasteiger partial charge in [-0.25, -0.2) is 0 Å². The lowest BCUT2D eigenvalue weighted by molar-refractivity contribution is 0.125. The van der Waals surface area contributed by atoms with Crippen molar-refractivity contribution in [2.45, 2.75) is 36.6 Å². The third-order valence-corrected chi connectivity index (χ3v) is 4.87. The normalized spacial score (nSPS) is 13.1. The molecule has 21 heavy (non-hydrogen) atoms. The number of rotatable bonds is 6. The molecule has 1 heterocycles. The lowest BCUT2D eigenvalue weighted by atomic mass is 9.86. The second kappa shape index (κ2) is 7.24. The summed E-state index contributed by atoms with van der Waals surface area (Å²) < 4.78 is 6.66. The Bertz CT molecular complexity index is 553. The monoisotopic (exact) mass is 324 g/mol. The van der Waals surface area contributed by atoms with Crippen molar-refractivity contribution in [2.75, 3.05) is 12.4 Å². The zero-order valence-electron chi connectivity index (χ0n) is 12.4. The predicted octanol–water partition coefficient (Wildman–Crippen LogP) is 3.37. The maximum absolute atomic E-state index is 10.0. The van der Waals surface area contributed by atoms with E-state index in [0.29, 0.717) is 5.75 Å². The van der Waals surface area contributed by atoms with E-state index in [1.165, 1.54) is 23.1 Å². The molecule has 2 rings (SSSR count). The van der Waals surface area contributed by atoms with E-state index in [2.05, 4.69) is 37.0 Å². The van der Waals surface area contributed by atoms with E-state index in [9.17, 15) is 5.11 Å². The first-order valence-corrected chi connectivity index (χ1v) is 8.62. The molecule has 0 saturated carbocycles. The largest absolute Gasteiger partial charge is 0.491 e. The van der Waals surface area contributed by atoms with Crippen molar-refractivity contribution >= 4 is 23.1 Å². The van der Waals surface area contributed by atoms with E-state index >= 15 is 0 Å². The van der Waals surface area contributed by atoms with Crippen LogP contribution in [0.4, 0.5) is 0 Å². The van der Waals surface area contributed by atoms with E-state index in [4.69, 9.17) is 4.74 Å². The summed E-state index contributed by atoms with van der Waals surface area (Å²) in [5.41, 5.74) is 2.85. The molecule has 4 nitrogen and oxygen atoms in total. The van der Waals surface area contributed by atoms with Gasteiger partial charge in [-0.1, -0.05) is 62.1 Å². The molecule has 0 saturated heterocycles. The van der Waals surface area contributed by atoms with Gasteiger partial charge in [0.15, 0.2) is 4.34 Å². The molecule has 0 amide bonds. The summed E-state index contributed by atoms with van der Waals surface area (Å²) in [6.07, 6.45) is -0.535. The molecule has 0 aliphatic heterocycles. The van der Waals surface area contributed by atoms with Crippen LogP contribution in [0.15, 0.2) is 34.1 Å². The molecule has 0 aliphatic rings. The second-order valence-electron chi connectivity index (χ2n) is 5.73. The van der Waals surface area contributed by atoms with Crippen LogP contribution in [0.5, 0.6) is 5.75 Å². The Hall–Kier alpha value is -1.11. The lowest BCUT2D eigenvalue weighted by Crippen LogP contribution is -2.22. The van der Waals surface area contributed by atoms with Crippen molar-refractivity contribution in [2.24, 2.45) is 0 Å². The molecule has 0 aliphatic carbocycles. The first-order valence-electron chi connectivity index (χ1n) is 6.76. The van der Waals surface area contributed by atoms with Gasteiger partial charge >= 0.3 is 0 Å². The Labute approximate surface area is 133 Å². The summed E-state index contributed by atoms with van der Waals surface area (Å²) in [6, 6.07) is 7.98. The molecule has 6 heteroatoms. The molecule has 1 N–H and O–H groups in total. The predicted molar refractivity (Wildman–Crippen MR) is 87.3 cm³/mol. The van der Waals surface area contributed by atoms with Crippen LogP contribution < -0.4 is 4.74 Å². The van der Waals surface area contributed by atoms with Crippen LogP contribution in [-0.2, 0) is 5.41 Å². The standard InChI is InChI=1S/C15H20N2O2S2/c1-15(2,3)12-6-4-5-7-13(12)19-8-11(18)9-20-14-17-16-10-21-14/h4-7,10-11,18H,8-9H2,1-3H3. The summed E-state index contributed by atoms with van der Waals surface area (Å²) in [4.78, 5) is 0. The molecule has 1 aromatic heterocycles. The van der Waals surface area contributed by atoms with Gasteiger partial charge in [0, 0.05) is 5.75 Å². The molecular formula is C15H20N2O2S2. The van der Waals surface area contributed by atoms with Gasteiger partial charge < -0.3 is 9.84 Å². The topological polar surface area (TPSA) is 55.2 Å². The molecule has 0 spiro atoms. The van der Waals surface area contributed by atoms with Gasteiger partial charge in [0.2, 0.25) is 0 Å². The summed E-state index contributed by atoms with van der Waals surface area (Å²) in [5.74, 6) is 1.39. The average Bonchev–Trinajstić information content (AvgIpc) is 2.95. The highest BCUT2D eigenvalue weighted by molar-refractivity contribution is 8.01. The minimum atomic E-state index is -0.535. The van der Waals surface area contributed by atoms with Crippen molar-refractivity contribution in [3.63, 3.8) is 0 Å². The Morgan fingerprint density at radius 2 is 2.10 bits per heavy atom. The maximum Gasteiger partial charge on any atom is 0.174 e. The van der Waals surface area contributed by atoms with Crippen molar-refractivity contribution in [1.82, 2.24) is 10.2 Å². The average molecular weight is 324 g/mol. The fourth-order valence-electron chi connectivity index (χ4n) is 1.84. The SMILES string of the molecule is CC(C)(C)c1ccccc1OCC(O)CSc1nncs1. The van der Waals surface area contributed by atoms with E-state index in [1.807, 2.05) is 18.2 Å². The van der Waals surface area contributed by atoms with Gasteiger partial charge in [-0.15, -0.1) is 10.2 Å². The number of benzene rings is 1. The van der Waals surface area contributed by atoms with Gasteiger partial charge in [-0.3, -0.25) is 0 Å². The molecule has 0 radical (unpaired) electrons. The summed E-state index contributed by atoms with van der Waals surface area (Å²) >= 11 is 2.97. The number of hydrogen-bond acceptors (Lipinski definition) is 6. The van der Waals surface area contributed by atoms with Crippen LogP contribution in [0.2, 0.25) is 0 Å². The molecule has 0 fully saturated rings. The van der Waals surface area contributed by atoms with Crippen LogP contribution >= 0.6 is 23.1 Å². The molecule has 1 atom stereocenters. The van der Waals surface area contributed by atoms with Crippen LogP contribution in [0.25, 0.3) is 0 Å². The van der Waals surface area contributed by atoms with Crippen molar-refractivity contribution in [3.8, 4) is 5.75 Å². The number of thioether (sulfide) groups is 1. The number of hydrogen-bond donors (Lipinski definition) is 1. The molecule has 0 bridgehead atoms. The second-order valence-corrected chi connectivity index (χ2v) is 7.83. The quantitative estimate of drug-likeness (QED) is 0.826. The number of para-hydroxylation sites is 1. The number of nitrogens with zero attached hydrogens (tertiary/aromatic N) is 2. The fraction of sp³-hybridized carbons (Fsp3) is 0.467. The number of ether oxygens (including phenoxy) is 1. The van der Waals surface area contributed by atoms with E-state index in [-0.39, 0.29) is 12.0 Å². The van der Waals surface area contributed by atoms with Crippen LogP contribution in [0.3, 0.4) is 0 Å². The van der Waals surface area contributed by atoms with Gasteiger partial charge in [-0.2, -0.15) is 0 Å². The molecule has 1 aromatic carbocycles. The Kier molecular flexibility index (Phi) is 5.61. The number of aliphatic hydroxyl groups excluding tert-OH is 1. The van der Waals surface area contributed by atoms with Crippen molar-refractivity contribution < 1.29 is 9.84 Å². The van der Waals surface area contributed by atoms with Crippen molar-refractivity contribution in [3.05, 3.63) is 35.3 Å². The third kappa shape index (κ3) is 4.98. The minimum absolute atomic E-state index is 0.0167. The first-order chi connectivity index (χ1) is 9.97. The Balaban J connectivity index is 1.88. The fourth-order valence-corrected chi connectivity index (χ4v) is 3.26. The van der Waals surface area contributed by atoms with Crippen LogP contribution in [-0.4, -0.2) is 33.8 Å². The van der Waals surface area contributed by atoms with Gasteiger partial charge in [0.1, 0.15) is 17.9 Å². The summed E-state index contributed by atoms with van der Waals surface area (Å²) in [5, 5.41) is 17.7. The highest BCUT2D eigenvalue weighted by Crippen LogP contribution is 2.31. The Morgan fingerprint density at radius 3 is 2.76 bits per heavy atom. The van der Waals surface area contributed by atoms with Crippen molar-refractivity contribution in [1.29, 1.82) is 0 Å². The minimum Gasteiger partial charge on any atom is -0.491 e. The lowest BCUT2D eigenvalue weighted by Gasteiger charge is -2.23. The highest BCUT2D eigenvalue weighted by atomic mass is 32.2. The van der Waals surface area contributed by atoms with Gasteiger partial charge in [0.05, 0.1) is 6.10 Å². The molecule has 2 aromatic rings. The smallest absolute Gasteiger partial charge is 0.174 e. The van der Waals surface area contributed by atoms with Crippen LogP contribution in [0, 0.1) is 0 Å². The molecule has 114 valence electrons.